The lowest BCUT2D eigenvalue weighted by Gasteiger charge is -2.42. The van der Waals surface area contributed by atoms with Gasteiger partial charge in [-0.1, -0.05) is 44.0 Å². The smallest absolute Gasteiger partial charge is 0.334 e. The van der Waals surface area contributed by atoms with E-state index in [-0.39, 0.29) is 45.2 Å². The minimum absolute atomic E-state index is 0.00238. The van der Waals surface area contributed by atoms with E-state index in [0.29, 0.717) is 44.0 Å². The van der Waals surface area contributed by atoms with E-state index in [1.54, 1.807) is 23.1 Å². The number of urea groups is 2. The van der Waals surface area contributed by atoms with Gasteiger partial charge in [0, 0.05) is 13.0 Å². The lowest BCUT2D eigenvalue weighted by Crippen LogP contribution is -2.60. The second-order valence-electron chi connectivity index (χ2n) is 9.34. The summed E-state index contributed by atoms with van der Waals surface area (Å²) in [5.74, 6) is 0.738. The van der Waals surface area contributed by atoms with Crippen LogP contribution in [0.25, 0.3) is 0 Å². The molecule has 41 heavy (non-hydrogen) atoms. The molecule has 0 atom stereocenters. The maximum Gasteiger partial charge on any atom is 0.334 e. The lowest BCUT2D eigenvalue weighted by molar-refractivity contribution is -0.144. The summed E-state index contributed by atoms with van der Waals surface area (Å²) >= 11 is 0. The van der Waals surface area contributed by atoms with Crippen LogP contribution >= 0.6 is 0 Å². The van der Waals surface area contributed by atoms with Gasteiger partial charge in [-0.15, -0.1) is 6.58 Å². The standard InChI is InChI=1S/C28H39N3O7.C3H6/c1-5-22(3)11-10-15-29-26(24-13-14-24)30(28(35)31(27(29)34)16-19-36-21-32)17-20-38-25(33)12-8-7-9-18-37-23(4)6-2;1-3-2/h5-6,21H,1-4,7-20H2;3H,1H2,2H3. The summed E-state index contributed by atoms with van der Waals surface area (Å²) in [5.41, 5.74) is 1.87. The Balaban J connectivity index is 0.00000268. The van der Waals surface area contributed by atoms with Gasteiger partial charge in [0.05, 0.1) is 19.7 Å². The molecule has 0 N–H and O–H groups in total. The number of carbonyl (C=O) groups is 4. The van der Waals surface area contributed by atoms with Crippen molar-refractivity contribution < 1.29 is 33.4 Å². The molecule has 0 aromatic heterocycles. The molecule has 1 aliphatic carbocycles. The SMILES string of the molecule is C=CC.C=CC(=C)CCCN1C(=O)N(CCOC=O)C(=O)N(CCOC(=O)CCCCCOC(=C)C=C)C1=C1CC1. The molecule has 0 bridgehead atoms. The van der Waals surface area contributed by atoms with Gasteiger partial charge < -0.3 is 14.2 Å². The number of rotatable bonds is 20. The van der Waals surface area contributed by atoms with E-state index in [0.717, 1.165) is 41.7 Å². The first-order valence-corrected chi connectivity index (χ1v) is 13.9. The zero-order chi connectivity index (χ0) is 30.6. The van der Waals surface area contributed by atoms with Gasteiger partial charge in [0.15, 0.2) is 0 Å². The number of hydrogen-bond acceptors (Lipinski definition) is 7. The van der Waals surface area contributed by atoms with Gasteiger partial charge in [0.1, 0.15) is 24.8 Å². The number of unbranched alkanes of at least 4 members (excludes halogenated alkanes) is 2. The van der Waals surface area contributed by atoms with Crippen molar-refractivity contribution in [3.8, 4) is 0 Å². The van der Waals surface area contributed by atoms with Crippen molar-refractivity contribution in [3.63, 3.8) is 0 Å². The number of esters is 1. The molecule has 0 aromatic carbocycles. The average molecular weight is 572 g/mol. The second-order valence-corrected chi connectivity index (χ2v) is 9.34. The number of amides is 4. The van der Waals surface area contributed by atoms with Crippen molar-refractivity contribution in [1.82, 2.24) is 14.7 Å². The van der Waals surface area contributed by atoms with Crippen LogP contribution < -0.4 is 0 Å². The Morgan fingerprint density at radius 3 is 2.02 bits per heavy atom. The Labute approximate surface area is 244 Å². The number of nitrogens with zero attached hydrogens (tertiary/aromatic N) is 3. The molecule has 226 valence electrons. The van der Waals surface area contributed by atoms with Crippen molar-refractivity contribution in [2.75, 3.05) is 39.5 Å². The number of imide groups is 1. The van der Waals surface area contributed by atoms with Crippen molar-refractivity contribution >= 4 is 24.5 Å². The first-order chi connectivity index (χ1) is 19.7. The molecule has 1 aliphatic heterocycles. The van der Waals surface area contributed by atoms with Crippen LogP contribution in [0.1, 0.15) is 58.3 Å². The molecular formula is C31H45N3O7. The molecule has 0 aromatic rings. The number of ether oxygens (including phenoxy) is 3. The fourth-order valence-electron chi connectivity index (χ4n) is 3.85. The Hall–Kier alpha value is -4.08. The minimum atomic E-state index is -0.525. The van der Waals surface area contributed by atoms with E-state index >= 15 is 0 Å². The average Bonchev–Trinajstić information content (AvgIpc) is 3.80. The van der Waals surface area contributed by atoms with E-state index < -0.39 is 12.1 Å². The van der Waals surface area contributed by atoms with Crippen molar-refractivity contribution in [3.05, 3.63) is 73.8 Å². The van der Waals surface area contributed by atoms with Crippen LogP contribution in [0.4, 0.5) is 9.59 Å². The Morgan fingerprint density at radius 1 is 0.805 bits per heavy atom. The topological polar surface area (TPSA) is 106 Å². The molecular weight excluding hydrogens is 526 g/mol. The molecule has 10 heteroatoms. The van der Waals surface area contributed by atoms with E-state index in [9.17, 15) is 19.2 Å². The first-order valence-electron chi connectivity index (χ1n) is 13.9. The van der Waals surface area contributed by atoms with Gasteiger partial charge in [0.2, 0.25) is 0 Å². The fraction of sp³-hybridized carbons (Fsp3) is 0.484. The zero-order valence-electron chi connectivity index (χ0n) is 24.4. The van der Waals surface area contributed by atoms with Crippen molar-refractivity contribution in [2.24, 2.45) is 0 Å². The quantitative estimate of drug-likeness (QED) is 0.0450. The molecule has 1 heterocycles. The summed E-state index contributed by atoms with van der Waals surface area (Å²) < 4.78 is 15.5. The van der Waals surface area contributed by atoms with Gasteiger partial charge in [-0.05, 0) is 63.5 Å². The predicted octanol–water partition coefficient (Wildman–Crippen LogP) is 5.86. The highest BCUT2D eigenvalue weighted by atomic mass is 16.5. The van der Waals surface area contributed by atoms with Crippen LogP contribution in [0.2, 0.25) is 0 Å². The summed E-state index contributed by atoms with van der Waals surface area (Å²) in [4.78, 5) is 53.5. The third-order valence-corrected chi connectivity index (χ3v) is 6.04. The summed E-state index contributed by atoms with van der Waals surface area (Å²) in [6.07, 6.45) is 10.4. The molecule has 10 nitrogen and oxygen atoms in total. The number of allylic oxidation sites excluding steroid dienone is 5. The van der Waals surface area contributed by atoms with Gasteiger partial charge in [-0.2, -0.15) is 0 Å². The Bertz CT molecular complexity index is 996. The summed E-state index contributed by atoms with van der Waals surface area (Å²) in [7, 11) is 0. The molecule has 2 rings (SSSR count). The molecule has 2 aliphatic rings. The summed E-state index contributed by atoms with van der Waals surface area (Å²) in [5, 5.41) is 0. The Morgan fingerprint density at radius 2 is 1.44 bits per heavy atom. The normalized spacial score (nSPS) is 14.0. The Kier molecular flexibility index (Phi) is 17.0. The van der Waals surface area contributed by atoms with Gasteiger partial charge in [-0.25, -0.2) is 14.5 Å². The zero-order valence-corrected chi connectivity index (χ0v) is 24.4. The molecule has 2 fully saturated rings. The van der Waals surface area contributed by atoms with Crippen LogP contribution in [0.5, 0.6) is 0 Å². The second kappa shape index (κ2) is 19.9. The highest BCUT2D eigenvalue weighted by molar-refractivity contribution is 5.98. The van der Waals surface area contributed by atoms with Gasteiger partial charge >= 0.3 is 18.0 Å². The van der Waals surface area contributed by atoms with E-state index in [4.69, 9.17) is 14.2 Å². The van der Waals surface area contributed by atoms with Crippen LogP contribution in [0.3, 0.4) is 0 Å². The van der Waals surface area contributed by atoms with E-state index in [2.05, 4.69) is 32.9 Å². The van der Waals surface area contributed by atoms with Crippen LogP contribution in [-0.2, 0) is 23.8 Å². The minimum Gasteiger partial charge on any atom is -0.494 e. The largest absolute Gasteiger partial charge is 0.494 e. The third kappa shape index (κ3) is 12.8. The maximum absolute atomic E-state index is 13.3. The number of hydrogen-bond donors (Lipinski definition) is 0. The highest BCUT2D eigenvalue weighted by Gasteiger charge is 2.43. The van der Waals surface area contributed by atoms with Crippen molar-refractivity contribution in [2.45, 2.75) is 58.3 Å². The summed E-state index contributed by atoms with van der Waals surface area (Å²) in [6.45, 7) is 21.2. The molecule has 0 unspecified atom stereocenters. The first kappa shape index (κ1) is 34.9. The van der Waals surface area contributed by atoms with Crippen LogP contribution in [-0.4, -0.2) is 78.7 Å². The molecule has 0 radical (unpaired) electrons. The van der Waals surface area contributed by atoms with Gasteiger partial charge in [-0.3, -0.25) is 19.4 Å². The van der Waals surface area contributed by atoms with Crippen LogP contribution in [0, 0.1) is 0 Å². The van der Waals surface area contributed by atoms with E-state index in [1.807, 2.05) is 6.92 Å². The monoisotopic (exact) mass is 571 g/mol. The van der Waals surface area contributed by atoms with Gasteiger partial charge in [0.25, 0.3) is 6.47 Å². The van der Waals surface area contributed by atoms with Crippen molar-refractivity contribution in [1.29, 1.82) is 0 Å². The highest BCUT2D eigenvalue weighted by Crippen LogP contribution is 2.37. The molecule has 1 saturated carbocycles. The molecule has 1 saturated heterocycles. The predicted molar refractivity (Wildman–Crippen MR) is 158 cm³/mol. The third-order valence-electron chi connectivity index (χ3n) is 6.04. The lowest BCUT2D eigenvalue weighted by atomic mass is 10.1. The van der Waals surface area contributed by atoms with Crippen LogP contribution in [0.15, 0.2) is 73.8 Å². The molecule has 0 spiro atoms. The fourth-order valence-corrected chi connectivity index (χ4v) is 3.85. The summed E-state index contributed by atoms with van der Waals surface area (Å²) in [6, 6.07) is -0.986. The van der Waals surface area contributed by atoms with E-state index in [1.165, 1.54) is 4.90 Å². The number of carbonyl (C=O) groups excluding carboxylic acids is 4. The molecule has 4 amide bonds. The maximum atomic E-state index is 13.3.